The summed E-state index contributed by atoms with van der Waals surface area (Å²) in [7, 11) is 0. The molecule has 0 bridgehead atoms. The first-order valence-electron chi connectivity index (χ1n) is 7.10. The molecule has 2 aromatic rings. The molecule has 2 rings (SSSR count). The molecule has 2 aromatic carbocycles. The van der Waals surface area contributed by atoms with Gasteiger partial charge >= 0.3 is 11.9 Å². The highest BCUT2D eigenvalue weighted by atomic mass is 16.5. The predicted octanol–water partition coefficient (Wildman–Crippen LogP) is 3.10. The van der Waals surface area contributed by atoms with Crippen LogP contribution in [0.4, 0.5) is 0 Å². The number of aryl methyl sites for hydroxylation is 1. The molecule has 116 valence electrons. The number of carbonyl (C=O) groups excluding carboxylic acids is 2. The largest absolute Gasteiger partial charge is 0.508 e. The van der Waals surface area contributed by atoms with Crippen LogP contribution < -0.4 is 4.74 Å². The Balaban J connectivity index is 2.04. The highest BCUT2D eigenvalue weighted by Gasteiger charge is 2.10. The van der Waals surface area contributed by atoms with Crippen molar-refractivity contribution in [2.24, 2.45) is 0 Å². The summed E-state index contributed by atoms with van der Waals surface area (Å²) in [5.74, 6) is -0.259. The van der Waals surface area contributed by atoms with Crippen LogP contribution in [-0.4, -0.2) is 23.7 Å². The molecule has 0 atom stereocenters. The number of rotatable bonds is 5. The Morgan fingerprint density at radius 2 is 1.82 bits per heavy atom. The van der Waals surface area contributed by atoms with Gasteiger partial charge in [-0.3, -0.25) is 9.59 Å². The molecule has 0 radical (unpaired) electrons. The van der Waals surface area contributed by atoms with Gasteiger partial charge < -0.3 is 14.6 Å². The number of fused-ring (bicyclic) bond motifs is 1. The van der Waals surface area contributed by atoms with Gasteiger partial charge in [0.15, 0.2) is 0 Å². The van der Waals surface area contributed by atoms with E-state index in [-0.39, 0.29) is 18.6 Å². The molecular formula is C17H18O5. The van der Waals surface area contributed by atoms with E-state index in [2.05, 4.69) is 0 Å². The Morgan fingerprint density at radius 1 is 1.09 bits per heavy atom. The summed E-state index contributed by atoms with van der Waals surface area (Å²) in [6, 6.07) is 8.54. The minimum Gasteiger partial charge on any atom is -0.508 e. The van der Waals surface area contributed by atoms with E-state index in [0.717, 1.165) is 16.3 Å². The lowest BCUT2D eigenvalue weighted by Crippen LogP contribution is -2.12. The van der Waals surface area contributed by atoms with Crippen molar-refractivity contribution in [3.05, 3.63) is 35.9 Å². The third-order valence-corrected chi connectivity index (χ3v) is 3.30. The Kier molecular flexibility index (Phi) is 4.99. The van der Waals surface area contributed by atoms with E-state index in [0.29, 0.717) is 12.4 Å². The molecule has 0 aliphatic heterocycles. The van der Waals surface area contributed by atoms with Crippen LogP contribution >= 0.6 is 0 Å². The van der Waals surface area contributed by atoms with Gasteiger partial charge in [-0.15, -0.1) is 0 Å². The van der Waals surface area contributed by atoms with E-state index < -0.39 is 11.9 Å². The van der Waals surface area contributed by atoms with Crippen LogP contribution in [0.25, 0.3) is 10.8 Å². The summed E-state index contributed by atoms with van der Waals surface area (Å²) in [6.45, 7) is 3.83. The number of ether oxygens (including phenoxy) is 2. The molecular weight excluding hydrogens is 284 g/mol. The van der Waals surface area contributed by atoms with Crippen LogP contribution in [0.3, 0.4) is 0 Å². The third kappa shape index (κ3) is 3.75. The van der Waals surface area contributed by atoms with Gasteiger partial charge in [0.25, 0.3) is 0 Å². The summed E-state index contributed by atoms with van der Waals surface area (Å²) >= 11 is 0. The van der Waals surface area contributed by atoms with Gasteiger partial charge in [0.1, 0.15) is 11.5 Å². The van der Waals surface area contributed by atoms with Gasteiger partial charge in [0.05, 0.1) is 19.4 Å². The summed E-state index contributed by atoms with van der Waals surface area (Å²) in [6.07, 6.45) is -0.0152. The quantitative estimate of drug-likeness (QED) is 0.678. The lowest BCUT2D eigenvalue weighted by Gasteiger charge is -2.08. The van der Waals surface area contributed by atoms with Crippen LogP contribution in [0, 0.1) is 6.92 Å². The van der Waals surface area contributed by atoms with E-state index in [1.165, 1.54) is 0 Å². The number of esters is 2. The Hall–Kier alpha value is -2.56. The standard InChI is InChI=1S/C17H18O5/c1-3-21-16(19)8-9-17(20)22-13-5-6-14-11(2)15(18)7-4-12(14)10-13/h4-7,10,18H,3,8-9H2,1-2H3. The van der Waals surface area contributed by atoms with Crippen LogP contribution in [0.15, 0.2) is 30.3 Å². The minimum atomic E-state index is -0.483. The van der Waals surface area contributed by atoms with Crippen LogP contribution in [0.1, 0.15) is 25.3 Å². The van der Waals surface area contributed by atoms with Gasteiger partial charge in [-0.05, 0) is 48.4 Å². The fourth-order valence-corrected chi connectivity index (χ4v) is 2.14. The van der Waals surface area contributed by atoms with Crippen molar-refractivity contribution in [1.82, 2.24) is 0 Å². The maximum absolute atomic E-state index is 11.7. The number of hydrogen-bond acceptors (Lipinski definition) is 5. The van der Waals surface area contributed by atoms with Gasteiger partial charge in [0.2, 0.25) is 0 Å². The fourth-order valence-electron chi connectivity index (χ4n) is 2.14. The molecule has 0 aromatic heterocycles. The lowest BCUT2D eigenvalue weighted by molar-refractivity contribution is -0.146. The van der Waals surface area contributed by atoms with Crippen molar-refractivity contribution in [3.63, 3.8) is 0 Å². The Labute approximate surface area is 128 Å². The number of carbonyl (C=O) groups is 2. The average molecular weight is 302 g/mol. The summed E-state index contributed by atoms with van der Waals surface area (Å²) in [5.41, 5.74) is 0.776. The fraction of sp³-hybridized carbons (Fsp3) is 0.294. The molecule has 0 spiro atoms. The molecule has 0 amide bonds. The van der Waals surface area contributed by atoms with Crippen molar-refractivity contribution < 1.29 is 24.2 Å². The van der Waals surface area contributed by atoms with Gasteiger partial charge in [-0.25, -0.2) is 0 Å². The molecule has 5 nitrogen and oxygen atoms in total. The number of hydrogen-bond donors (Lipinski definition) is 1. The highest BCUT2D eigenvalue weighted by Crippen LogP contribution is 2.29. The van der Waals surface area contributed by atoms with E-state index >= 15 is 0 Å². The molecule has 0 saturated heterocycles. The minimum absolute atomic E-state index is 0.00718. The predicted molar refractivity (Wildman–Crippen MR) is 81.9 cm³/mol. The zero-order chi connectivity index (χ0) is 16.1. The average Bonchev–Trinajstić information content (AvgIpc) is 2.49. The van der Waals surface area contributed by atoms with Crippen molar-refractivity contribution in [3.8, 4) is 11.5 Å². The van der Waals surface area contributed by atoms with Gasteiger partial charge in [-0.1, -0.05) is 12.1 Å². The second-order valence-corrected chi connectivity index (χ2v) is 4.87. The Morgan fingerprint density at radius 3 is 2.55 bits per heavy atom. The molecule has 22 heavy (non-hydrogen) atoms. The first kappa shape index (κ1) is 15.8. The van der Waals surface area contributed by atoms with Gasteiger partial charge in [-0.2, -0.15) is 0 Å². The first-order chi connectivity index (χ1) is 10.5. The van der Waals surface area contributed by atoms with Crippen molar-refractivity contribution in [1.29, 1.82) is 0 Å². The number of phenols is 1. The monoisotopic (exact) mass is 302 g/mol. The molecule has 1 N–H and O–H groups in total. The van der Waals surface area contributed by atoms with Crippen molar-refractivity contribution in [2.75, 3.05) is 6.61 Å². The van der Waals surface area contributed by atoms with Crippen LogP contribution in [-0.2, 0) is 14.3 Å². The van der Waals surface area contributed by atoms with E-state index in [9.17, 15) is 14.7 Å². The molecule has 0 saturated carbocycles. The van der Waals surface area contributed by atoms with E-state index in [1.54, 1.807) is 37.3 Å². The Bertz CT molecular complexity index is 706. The van der Waals surface area contributed by atoms with Crippen molar-refractivity contribution in [2.45, 2.75) is 26.7 Å². The number of benzene rings is 2. The molecule has 5 heteroatoms. The van der Waals surface area contributed by atoms with Crippen LogP contribution in [0.2, 0.25) is 0 Å². The van der Waals surface area contributed by atoms with Crippen LogP contribution in [0.5, 0.6) is 11.5 Å². The summed E-state index contributed by atoms with van der Waals surface area (Å²) in [5, 5.41) is 11.4. The normalized spacial score (nSPS) is 10.5. The third-order valence-electron chi connectivity index (χ3n) is 3.30. The maximum Gasteiger partial charge on any atom is 0.311 e. The topological polar surface area (TPSA) is 72.8 Å². The van der Waals surface area contributed by atoms with E-state index in [1.807, 2.05) is 6.92 Å². The molecule has 0 aliphatic rings. The second-order valence-electron chi connectivity index (χ2n) is 4.87. The van der Waals surface area contributed by atoms with Gasteiger partial charge in [0, 0.05) is 0 Å². The number of aromatic hydroxyl groups is 1. The molecule has 0 heterocycles. The zero-order valence-electron chi connectivity index (χ0n) is 12.6. The first-order valence-corrected chi connectivity index (χ1v) is 7.10. The maximum atomic E-state index is 11.7. The highest BCUT2D eigenvalue weighted by molar-refractivity contribution is 5.89. The summed E-state index contributed by atoms with van der Waals surface area (Å²) in [4.78, 5) is 22.9. The zero-order valence-corrected chi connectivity index (χ0v) is 12.6. The molecule has 0 fully saturated rings. The second kappa shape index (κ2) is 6.93. The van der Waals surface area contributed by atoms with E-state index in [4.69, 9.17) is 9.47 Å². The smallest absolute Gasteiger partial charge is 0.311 e. The van der Waals surface area contributed by atoms with Crippen molar-refractivity contribution >= 4 is 22.7 Å². The summed E-state index contributed by atoms with van der Waals surface area (Å²) < 4.78 is 9.97. The molecule has 0 unspecified atom stereocenters. The lowest BCUT2D eigenvalue weighted by atomic mass is 10.0. The molecule has 0 aliphatic carbocycles. The SMILES string of the molecule is CCOC(=O)CCC(=O)Oc1ccc2c(C)c(O)ccc2c1. The number of phenolic OH excluding ortho intramolecular Hbond substituents is 1.